The molecule has 3 N–H and O–H groups in total. The average Bonchev–Trinajstić information content (AvgIpc) is 3.15. The Balaban J connectivity index is 1.24. The molecule has 5 rings (SSSR count). The van der Waals surface area contributed by atoms with E-state index in [0.29, 0.717) is 18.8 Å². The molecular weight excluding hydrogens is 420 g/mol. The molecule has 0 radical (unpaired) electrons. The second-order valence-corrected chi connectivity index (χ2v) is 9.74. The SMILES string of the molecule is Cn1nc(C2CCC(=O)NC2=O)c2ccc(N3CCC(CN4CCN[C@@H](CO)C4)CC3)cc21. The minimum Gasteiger partial charge on any atom is -0.395 e. The minimum atomic E-state index is -0.372. The van der Waals surface area contributed by atoms with Crippen LogP contribution in [0.5, 0.6) is 0 Å². The van der Waals surface area contributed by atoms with Gasteiger partial charge in [-0.3, -0.25) is 19.6 Å². The number of benzene rings is 1. The number of piperidine rings is 2. The highest BCUT2D eigenvalue weighted by molar-refractivity contribution is 6.02. The second-order valence-electron chi connectivity index (χ2n) is 9.74. The number of piperazine rings is 1. The van der Waals surface area contributed by atoms with E-state index in [1.54, 1.807) is 0 Å². The van der Waals surface area contributed by atoms with Gasteiger partial charge in [-0.2, -0.15) is 5.10 Å². The van der Waals surface area contributed by atoms with Gasteiger partial charge in [0.15, 0.2) is 0 Å². The summed E-state index contributed by atoms with van der Waals surface area (Å²) in [6.45, 7) is 6.33. The number of hydrogen-bond donors (Lipinski definition) is 3. The Bertz CT molecular complexity index is 1030. The third-order valence-electron chi connectivity index (χ3n) is 7.49. The van der Waals surface area contributed by atoms with Gasteiger partial charge in [0, 0.05) is 69.9 Å². The van der Waals surface area contributed by atoms with E-state index in [1.165, 1.54) is 18.5 Å². The number of carbonyl (C=O) groups is 2. The van der Waals surface area contributed by atoms with Crippen molar-refractivity contribution < 1.29 is 14.7 Å². The minimum absolute atomic E-state index is 0.202. The molecule has 9 heteroatoms. The number of rotatable bonds is 5. The number of carbonyl (C=O) groups excluding carboxylic acids is 2. The van der Waals surface area contributed by atoms with Gasteiger partial charge < -0.3 is 20.2 Å². The summed E-state index contributed by atoms with van der Waals surface area (Å²) in [6.07, 6.45) is 3.20. The van der Waals surface area contributed by atoms with E-state index in [4.69, 9.17) is 0 Å². The maximum Gasteiger partial charge on any atom is 0.235 e. The highest BCUT2D eigenvalue weighted by atomic mass is 16.3. The summed E-state index contributed by atoms with van der Waals surface area (Å²) in [4.78, 5) is 28.8. The summed E-state index contributed by atoms with van der Waals surface area (Å²) >= 11 is 0. The molecular formula is C24H34N6O3. The van der Waals surface area contributed by atoms with Crippen molar-refractivity contribution in [3.63, 3.8) is 0 Å². The number of aliphatic hydroxyl groups excluding tert-OH is 1. The van der Waals surface area contributed by atoms with Gasteiger partial charge in [-0.05, 0) is 43.4 Å². The van der Waals surface area contributed by atoms with Gasteiger partial charge in [-0.25, -0.2) is 0 Å². The molecule has 33 heavy (non-hydrogen) atoms. The molecule has 3 aliphatic heterocycles. The molecule has 3 aliphatic rings. The first-order chi connectivity index (χ1) is 16.0. The fourth-order valence-corrected chi connectivity index (χ4v) is 5.60. The highest BCUT2D eigenvalue weighted by Crippen LogP contribution is 2.33. The van der Waals surface area contributed by atoms with Crippen LogP contribution in [0.4, 0.5) is 5.69 Å². The van der Waals surface area contributed by atoms with Crippen LogP contribution in [0.3, 0.4) is 0 Å². The molecule has 4 heterocycles. The highest BCUT2D eigenvalue weighted by Gasteiger charge is 2.32. The molecule has 2 amide bonds. The maximum atomic E-state index is 12.4. The molecule has 2 aromatic rings. The van der Waals surface area contributed by atoms with Crippen LogP contribution >= 0.6 is 0 Å². The van der Waals surface area contributed by atoms with E-state index in [2.05, 4.69) is 43.7 Å². The lowest BCUT2D eigenvalue weighted by molar-refractivity contribution is -0.134. The molecule has 3 saturated heterocycles. The number of aryl methyl sites for hydroxylation is 1. The van der Waals surface area contributed by atoms with Crippen LogP contribution in [-0.2, 0) is 16.6 Å². The molecule has 3 fully saturated rings. The molecule has 9 nitrogen and oxygen atoms in total. The molecule has 2 atom stereocenters. The van der Waals surface area contributed by atoms with Crippen LogP contribution in [-0.4, -0.2) is 83.5 Å². The van der Waals surface area contributed by atoms with Gasteiger partial charge >= 0.3 is 0 Å². The van der Waals surface area contributed by atoms with Crippen LogP contribution < -0.4 is 15.5 Å². The summed E-state index contributed by atoms with van der Waals surface area (Å²) < 4.78 is 1.85. The van der Waals surface area contributed by atoms with Crippen molar-refractivity contribution in [1.82, 2.24) is 25.3 Å². The van der Waals surface area contributed by atoms with Crippen LogP contribution in [0.1, 0.15) is 37.3 Å². The van der Waals surface area contributed by atoms with Crippen molar-refractivity contribution in [3.05, 3.63) is 23.9 Å². The fraction of sp³-hybridized carbons (Fsp3) is 0.625. The number of hydrogen-bond acceptors (Lipinski definition) is 7. The first kappa shape index (κ1) is 22.3. The molecule has 1 unspecified atom stereocenters. The van der Waals surface area contributed by atoms with Crippen LogP contribution in [0.25, 0.3) is 10.9 Å². The number of amides is 2. The Kier molecular flexibility index (Phi) is 6.36. The predicted octanol–water partition coefficient (Wildman–Crippen LogP) is 0.576. The van der Waals surface area contributed by atoms with Crippen LogP contribution in [0, 0.1) is 5.92 Å². The second kappa shape index (κ2) is 9.40. The average molecular weight is 455 g/mol. The lowest BCUT2D eigenvalue weighted by Crippen LogP contribution is -2.53. The summed E-state index contributed by atoms with van der Waals surface area (Å²) in [5.74, 6) is -0.124. The number of anilines is 1. The predicted molar refractivity (Wildman–Crippen MR) is 126 cm³/mol. The van der Waals surface area contributed by atoms with Gasteiger partial charge in [-0.15, -0.1) is 0 Å². The quantitative estimate of drug-likeness (QED) is 0.568. The Hall–Kier alpha value is -2.49. The first-order valence-electron chi connectivity index (χ1n) is 12.1. The van der Waals surface area contributed by atoms with E-state index in [9.17, 15) is 14.7 Å². The lowest BCUT2D eigenvalue weighted by Gasteiger charge is -2.38. The van der Waals surface area contributed by atoms with Crippen molar-refractivity contribution in [2.24, 2.45) is 13.0 Å². The molecule has 0 aliphatic carbocycles. The van der Waals surface area contributed by atoms with Crippen molar-refractivity contribution >= 4 is 28.4 Å². The molecule has 0 spiro atoms. The number of nitrogens with one attached hydrogen (secondary N) is 2. The van der Waals surface area contributed by atoms with Gasteiger partial charge in [0.05, 0.1) is 23.7 Å². The van der Waals surface area contributed by atoms with Gasteiger partial charge in [0.25, 0.3) is 0 Å². The Labute approximate surface area is 194 Å². The summed E-state index contributed by atoms with van der Waals surface area (Å²) in [6, 6.07) is 6.61. The fourth-order valence-electron chi connectivity index (χ4n) is 5.60. The van der Waals surface area contributed by atoms with Crippen molar-refractivity contribution in [1.29, 1.82) is 0 Å². The van der Waals surface area contributed by atoms with Crippen molar-refractivity contribution in [2.75, 3.05) is 50.8 Å². The van der Waals surface area contributed by atoms with E-state index < -0.39 is 0 Å². The number of fused-ring (bicyclic) bond motifs is 1. The molecule has 1 aromatic carbocycles. The van der Waals surface area contributed by atoms with Crippen LogP contribution in [0.15, 0.2) is 18.2 Å². The lowest BCUT2D eigenvalue weighted by atomic mass is 9.92. The van der Waals surface area contributed by atoms with Gasteiger partial charge in [0.2, 0.25) is 11.8 Å². The largest absolute Gasteiger partial charge is 0.395 e. The number of aromatic nitrogens is 2. The maximum absolute atomic E-state index is 12.4. The van der Waals surface area contributed by atoms with Crippen molar-refractivity contribution in [3.8, 4) is 0 Å². The van der Waals surface area contributed by atoms with E-state index >= 15 is 0 Å². The van der Waals surface area contributed by atoms with E-state index in [-0.39, 0.29) is 30.4 Å². The summed E-state index contributed by atoms with van der Waals surface area (Å²) in [5, 5.41) is 20.9. The van der Waals surface area contributed by atoms with Crippen LogP contribution in [0.2, 0.25) is 0 Å². The zero-order chi connectivity index (χ0) is 22.9. The van der Waals surface area contributed by atoms with Gasteiger partial charge in [-0.1, -0.05) is 0 Å². The smallest absolute Gasteiger partial charge is 0.235 e. The first-order valence-corrected chi connectivity index (χ1v) is 12.1. The normalized spacial score (nSPS) is 25.6. The number of aliphatic hydroxyl groups is 1. The third kappa shape index (κ3) is 4.62. The van der Waals surface area contributed by atoms with Gasteiger partial charge in [0.1, 0.15) is 0 Å². The zero-order valence-corrected chi connectivity index (χ0v) is 19.3. The monoisotopic (exact) mass is 454 g/mol. The molecule has 178 valence electrons. The topological polar surface area (TPSA) is 103 Å². The Morgan fingerprint density at radius 3 is 2.73 bits per heavy atom. The Morgan fingerprint density at radius 1 is 1.15 bits per heavy atom. The standard InChI is InChI=1S/C24H34N6O3/c1-28-21-12-18(2-3-19(21)23(27-28)20-4-5-22(32)26-24(20)33)30-9-6-16(7-10-30)13-29-11-8-25-17(14-29)15-31/h2-3,12,16-17,20,25,31H,4-11,13-15H2,1H3,(H,26,32,33)/t17-,20?/m1/s1. The molecule has 1 aromatic heterocycles. The van der Waals surface area contributed by atoms with E-state index in [0.717, 1.165) is 55.9 Å². The zero-order valence-electron chi connectivity index (χ0n) is 19.3. The number of imide groups is 1. The van der Waals surface area contributed by atoms with Crippen molar-refractivity contribution in [2.45, 2.75) is 37.6 Å². The molecule has 0 saturated carbocycles. The summed E-state index contributed by atoms with van der Waals surface area (Å²) in [7, 11) is 1.92. The summed E-state index contributed by atoms with van der Waals surface area (Å²) in [5.41, 5.74) is 2.98. The molecule has 0 bridgehead atoms. The Morgan fingerprint density at radius 2 is 1.97 bits per heavy atom. The third-order valence-corrected chi connectivity index (χ3v) is 7.49. The number of nitrogens with zero attached hydrogens (tertiary/aromatic N) is 4. The van der Waals surface area contributed by atoms with E-state index in [1.807, 2.05) is 11.7 Å².